The fraction of sp³-hybridized carbons (Fsp3) is 0. The highest BCUT2D eigenvalue weighted by molar-refractivity contribution is 7.99. The zero-order valence-corrected chi connectivity index (χ0v) is 17.3. The largest absolute Gasteiger partial charge is 0.289 e. The molecule has 0 aliphatic carbocycles. The van der Waals surface area contributed by atoms with E-state index < -0.39 is 30.5 Å². The first-order chi connectivity index (χ1) is 14.2. The summed E-state index contributed by atoms with van der Waals surface area (Å²) in [5.41, 5.74) is -0.683. The smallest absolute Gasteiger partial charge is 0.278 e. The van der Waals surface area contributed by atoms with Crippen LogP contribution in [-0.4, -0.2) is 18.3 Å². The molecule has 9 nitrogen and oxygen atoms in total. The molecule has 0 saturated heterocycles. The van der Waals surface area contributed by atoms with Crippen molar-refractivity contribution in [3.05, 3.63) is 92.0 Å². The summed E-state index contributed by atoms with van der Waals surface area (Å²) in [4.78, 5) is 21.3. The van der Waals surface area contributed by atoms with E-state index in [4.69, 9.17) is 11.6 Å². The van der Waals surface area contributed by atoms with Crippen molar-refractivity contribution in [3.8, 4) is 0 Å². The molecule has 0 unspecified atom stereocenters. The van der Waals surface area contributed by atoms with Gasteiger partial charge in [-0.1, -0.05) is 47.6 Å². The first-order valence-corrected chi connectivity index (χ1v) is 10.8. The van der Waals surface area contributed by atoms with Crippen LogP contribution in [-0.2, 0) is 10.0 Å². The molecule has 0 spiro atoms. The number of halogens is 1. The summed E-state index contributed by atoms with van der Waals surface area (Å²) < 4.78 is 27.9. The first-order valence-electron chi connectivity index (χ1n) is 8.16. The molecule has 3 aromatic rings. The maximum absolute atomic E-state index is 12.8. The molecule has 30 heavy (non-hydrogen) atoms. The number of rotatable bonds is 7. The van der Waals surface area contributed by atoms with E-state index in [1.807, 2.05) is 0 Å². The van der Waals surface area contributed by atoms with Gasteiger partial charge in [-0.15, -0.1) is 0 Å². The van der Waals surface area contributed by atoms with Crippen LogP contribution in [0.25, 0.3) is 0 Å². The number of hydrogen-bond donors (Lipinski definition) is 1. The number of nitro benzene ring substituents is 2. The molecular formula is C18H12ClN3O6S2. The van der Waals surface area contributed by atoms with Crippen LogP contribution in [0.2, 0.25) is 5.02 Å². The third-order valence-electron chi connectivity index (χ3n) is 3.82. The summed E-state index contributed by atoms with van der Waals surface area (Å²) in [6.45, 7) is 0. The summed E-state index contributed by atoms with van der Waals surface area (Å²) >= 11 is 6.79. The van der Waals surface area contributed by atoms with Crippen LogP contribution in [0.4, 0.5) is 17.1 Å². The number of nitrogens with one attached hydrogen (secondary N) is 1. The number of para-hydroxylation sites is 2. The molecule has 3 rings (SSSR count). The van der Waals surface area contributed by atoms with Crippen molar-refractivity contribution < 1.29 is 18.3 Å². The second-order valence-electron chi connectivity index (χ2n) is 5.80. The maximum Gasteiger partial charge on any atom is 0.289 e. The van der Waals surface area contributed by atoms with Gasteiger partial charge in [0.15, 0.2) is 4.90 Å². The van der Waals surface area contributed by atoms with E-state index in [0.717, 1.165) is 23.9 Å². The quantitative estimate of drug-likeness (QED) is 0.378. The lowest BCUT2D eigenvalue weighted by molar-refractivity contribution is -0.387. The Kier molecular flexibility index (Phi) is 6.25. The molecule has 0 fully saturated rings. The van der Waals surface area contributed by atoms with Gasteiger partial charge in [0, 0.05) is 22.1 Å². The molecule has 3 aromatic carbocycles. The molecule has 0 aliphatic rings. The van der Waals surface area contributed by atoms with Crippen LogP contribution < -0.4 is 4.72 Å². The summed E-state index contributed by atoms with van der Waals surface area (Å²) in [5, 5.41) is 22.7. The van der Waals surface area contributed by atoms with Gasteiger partial charge in [0.2, 0.25) is 0 Å². The maximum atomic E-state index is 12.8. The minimum atomic E-state index is -4.30. The normalized spacial score (nSPS) is 11.1. The molecule has 0 atom stereocenters. The van der Waals surface area contributed by atoms with Gasteiger partial charge < -0.3 is 0 Å². The van der Waals surface area contributed by atoms with Crippen LogP contribution in [0.15, 0.2) is 81.4 Å². The van der Waals surface area contributed by atoms with Gasteiger partial charge in [0.1, 0.15) is 0 Å². The molecular weight excluding hydrogens is 454 g/mol. The van der Waals surface area contributed by atoms with Crippen LogP contribution >= 0.6 is 23.4 Å². The lowest BCUT2D eigenvalue weighted by Gasteiger charge is -2.12. The number of sulfonamides is 1. The van der Waals surface area contributed by atoms with Crippen molar-refractivity contribution >= 4 is 50.4 Å². The van der Waals surface area contributed by atoms with Gasteiger partial charge in [-0.2, -0.15) is 0 Å². The monoisotopic (exact) mass is 465 g/mol. The fourth-order valence-electron chi connectivity index (χ4n) is 2.51. The Labute approximate surface area is 180 Å². The van der Waals surface area contributed by atoms with E-state index >= 15 is 0 Å². The topological polar surface area (TPSA) is 132 Å². The summed E-state index contributed by atoms with van der Waals surface area (Å²) in [5.74, 6) is 0. The van der Waals surface area contributed by atoms with Crippen molar-refractivity contribution in [1.82, 2.24) is 0 Å². The van der Waals surface area contributed by atoms with E-state index in [9.17, 15) is 28.6 Å². The van der Waals surface area contributed by atoms with E-state index in [0.29, 0.717) is 4.90 Å². The zero-order valence-electron chi connectivity index (χ0n) is 14.9. The van der Waals surface area contributed by atoms with E-state index in [2.05, 4.69) is 4.72 Å². The highest BCUT2D eigenvalue weighted by Crippen LogP contribution is 2.40. The van der Waals surface area contributed by atoms with Gasteiger partial charge >= 0.3 is 0 Å². The molecule has 0 amide bonds. The number of nitrogens with zero attached hydrogens (tertiary/aromatic N) is 2. The molecule has 0 bridgehead atoms. The Hall–Kier alpha value is -3.15. The highest BCUT2D eigenvalue weighted by Gasteiger charge is 2.26. The summed E-state index contributed by atoms with van der Waals surface area (Å²) in [6, 6.07) is 15.3. The van der Waals surface area contributed by atoms with Crippen molar-refractivity contribution in [2.24, 2.45) is 0 Å². The molecule has 0 aliphatic heterocycles. The van der Waals surface area contributed by atoms with Crippen molar-refractivity contribution in [1.29, 1.82) is 0 Å². The average Bonchev–Trinajstić information content (AvgIpc) is 2.70. The van der Waals surface area contributed by atoms with Crippen molar-refractivity contribution in [2.75, 3.05) is 4.72 Å². The molecule has 1 N–H and O–H groups in total. The molecule has 154 valence electrons. The van der Waals surface area contributed by atoms with Gasteiger partial charge in [0.05, 0.1) is 20.4 Å². The van der Waals surface area contributed by atoms with Crippen LogP contribution in [0.5, 0.6) is 0 Å². The molecule has 12 heteroatoms. The Bertz CT molecular complexity index is 1250. The molecule has 0 radical (unpaired) electrons. The van der Waals surface area contributed by atoms with Crippen LogP contribution in [0.3, 0.4) is 0 Å². The van der Waals surface area contributed by atoms with E-state index in [1.165, 1.54) is 36.4 Å². The SMILES string of the molecule is O=[N+]([O-])c1cc(Cl)ccc1Sc1ccccc1NS(=O)(=O)c1ccccc1[N+](=O)[O-]. The predicted molar refractivity (Wildman–Crippen MR) is 113 cm³/mol. The second kappa shape index (κ2) is 8.69. The van der Waals surface area contributed by atoms with Gasteiger partial charge in [-0.05, 0) is 30.3 Å². The minimum absolute atomic E-state index is 0.116. The number of benzene rings is 3. The molecule has 0 saturated carbocycles. The Morgan fingerprint density at radius 3 is 2.17 bits per heavy atom. The highest BCUT2D eigenvalue weighted by atomic mass is 35.5. The van der Waals surface area contributed by atoms with Crippen LogP contribution in [0.1, 0.15) is 0 Å². The lowest BCUT2D eigenvalue weighted by atomic mass is 10.3. The standard InChI is InChI=1S/C18H12ClN3O6S2/c19-12-9-10-17(15(11-12)22(25)26)29-16-7-3-1-5-13(16)20-30(27,28)18-8-4-2-6-14(18)21(23)24/h1-11,20H. The number of nitro groups is 2. The number of hydrogen-bond acceptors (Lipinski definition) is 7. The Morgan fingerprint density at radius 2 is 1.47 bits per heavy atom. The third kappa shape index (κ3) is 4.70. The minimum Gasteiger partial charge on any atom is -0.278 e. The van der Waals surface area contributed by atoms with E-state index in [-0.39, 0.29) is 21.3 Å². The van der Waals surface area contributed by atoms with Gasteiger partial charge in [0.25, 0.3) is 21.4 Å². The van der Waals surface area contributed by atoms with Gasteiger partial charge in [-0.3, -0.25) is 25.0 Å². The van der Waals surface area contributed by atoms with Crippen molar-refractivity contribution in [3.63, 3.8) is 0 Å². The van der Waals surface area contributed by atoms with Crippen LogP contribution in [0, 0.1) is 20.2 Å². The third-order valence-corrected chi connectivity index (χ3v) is 6.61. The van der Waals surface area contributed by atoms with Crippen molar-refractivity contribution in [2.45, 2.75) is 14.7 Å². The van der Waals surface area contributed by atoms with E-state index in [1.54, 1.807) is 18.2 Å². The Morgan fingerprint density at radius 1 is 0.833 bits per heavy atom. The predicted octanol–water partition coefficient (Wildman–Crippen LogP) is 5.11. The zero-order chi connectivity index (χ0) is 21.9. The summed E-state index contributed by atoms with van der Waals surface area (Å²) in [6.07, 6.45) is 0. The molecule has 0 aromatic heterocycles. The van der Waals surface area contributed by atoms with Gasteiger partial charge in [-0.25, -0.2) is 8.42 Å². The lowest BCUT2D eigenvalue weighted by Crippen LogP contribution is -2.15. The second-order valence-corrected chi connectivity index (χ2v) is 8.97. The average molecular weight is 466 g/mol. The number of anilines is 1. The fourth-order valence-corrected chi connectivity index (χ4v) is 4.98. The first kappa shape index (κ1) is 21.6. The molecule has 0 heterocycles. The Balaban J connectivity index is 2.00. The summed E-state index contributed by atoms with van der Waals surface area (Å²) in [7, 11) is -4.30.